The first-order valence-electron chi connectivity index (χ1n) is 13.4. The van der Waals surface area contributed by atoms with Crippen LogP contribution in [0.2, 0.25) is 0 Å². The average Bonchev–Trinajstić information content (AvgIpc) is 3.45. The Morgan fingerprint density at radius 1 is 1.00 bits per heavy atom. The highest BCUT2D eigenvalue weighted by Gasteiger charge is 2.49. The number of hydrogen-bond acceptors (Lipinski definition) is 8. The number of carbonyl (C=O) groups excluding carboxylic acids is 2. The van der Waals surface area contributed by atoms with Gasteiger partial charge in [-0.1, -0.05) is 36.8 Å². The molecule has 2 saturated heterocycles. The molecule has 1 aromatic heterocycles. The second kappa shape index (κ2) is 12.5. The largest absolute Gasteiger partial charge is 0.417 e. The van der Waals surface area contributed by atoms with Crippen molar-refractivity contribution in [2.24, 2.45) is 0 Å². The zero-order valence-corrected chi connectivity index (χ0v) is 23.6. The number of para-hydroxylation sites is 1. The van der Waals surface area contributed by atoms with Crippen molar-refractivity contribution in [3.8, 4) is 16.2 Å². The van der Waals surface area contributed by atoms with E-state index in [-0.39, 0.29) is 12.2 Å². The molecule has 9 nitrogen and oxygen atoms in total. The van der Waals surface area contributed by atoms with E-state index >= 15 is 0 Å². The Morgan fingerprint density at radius 2 is 1.85 bits per heavy atom. The average molecular weight is 585 g/mol. The summed E-state index contributed by atoms with van der Waals surface area (Å²) < 4.78 is 36.5. The number of sulfone groups is 1. The number of ether oxygens (including phenoxy) is 2. The molecule has 2 atom stereocenters. The van der Waals surface area contributed by atoms with Crippen LogP contribution < -0.4 is 15.5 Å². The van der Waals surface area contributed by atoms with Crippen molar-refractivity contribution in [1.82, 2.24) is 5.48 Å². The Bertz CT molecular complexity index is 1440. The fourth-order valence-electron chi connectivity index (χ4n) is 5.07. The van der Waals surface area contributed by atoms with Gasteiger partial charge in [0, 0.05) is 28.5 Å². The maximum absolute atomic E-state index is 13.5. The molecule has 2 fully saturated rings. The topological polar surface area (TPSA) is 120 Å². The van der Waals surface area contributed by atoms with Gasteiger partial charge in [-0.2, -0.15) is 0 Å². The van der Waals surface area contributed by atoms with Crippen molar-refractivity contribution < 1.29 is 32.3 Å². The summed E-state index contributed by atoms with van der Waals surface area (Å²) in [5.74, 6) is -0.0280. The summed E-state index contributed by atoms with van der Waals surface area (Å²) in [6.45, 7) is 0.571. The minimum absolute atomic E-state index is 0.0308. The Labute approximate surface area is 237 Å². The second-order valence-corrected chi connectivity index (χ2v) is 13.5. The number of amides is 2. The quantitative estimate of drug-likeness (QED) is 0.322. The summed E-state index contributed by atoms with van der Waals surface area (Å²) in [5, 5.41) is 2.73. The van der Waals surface area contributed by atoms with Crippen LogP contribution in [0.5, 0.6) is 5.75 Å². The van der Waals surface area contributed by atoms with E-state index in [2.05, 4.69) is 10.8 Å². The third-order valence-corrected chi connectivity index (χ3v) is 11.2. The second-order valence-electron chi connectivity index (χ2n) is 9.96. The standard InChI is InChI=1S/C29H32N2O7S2/c32-26(31-38-27-13-4-6-17-36-27)20-29(16-5-7-18-40(29,34)35)25-15-14-24(39-25)21-9-8-10-22(19-21)30-28(33)37-23-11-2-1-3-12-23/h1-3,8-12,14-15,19,27H,4-7,13,16-18,20H2,(H,30,33)(H,31,32)/t27?,29-/m0/s1. The highest BCUT2D eigenvalue weighted by molar-refractivity contribution is 7.92. The molecule has 40 heavy (non-hydrogen) atoms. The fraction of sp³-hybridized carbons (Fsp3) is 0.379. The number of hydroxylamine groups is 1. The van der Waals surface area contributed by atoms with Crippen LogP contribution in [0, 0.1) is 0 Å². The van der Waals surface area contributed by atoms with Crippen LogP contribution in [0.3, 0.4) is 0 Å². The molecule has 11 heteroatoms. The normalized spacial score (nSPS) is 22.2. The van der Waals surface area contributed by atoms with Gasteiger partial charge in [0.05, 0.1) is 12.2 Å². The van der Waals surface area contributed by atoms with Gasteiger partial charge in [0.15, 0.2) is 16.1 Å². The van der Waals surface area contributed by atoms with Gasteiger partial charge < -0.3 is 9.47 Å². The van der Waals surface area contributed by atoms with Crippen molar-refractivity contribution in [3.05, 3.63) is 71.6 Å². The van der Waals surface area contributed by atoms with E-state index in [4.69, 9.17) is 14.3 Å². The van der Waals surface area contributed by atoms with Crippen LogP contribution in [-0.4, -0.2) is 39.1 Å². The molecule has 0 radical (unpaired) electrons. The molecule has 0 spiro atoms. The highest BCUT2D eigenvalue weighted by Crippen LogP contribution is 2.47. The summed E-state index contributed by atoms with van der Waals surface area (Å²) in [6.07, 6.45) is 2.85. The van der Waals surface area contributed by atoms with Crippen molar-refractivity contribution in [2.45, 2.75) is 56.0 Å². The predicted molar refractivity (Wildman–Crippen MR) is 153 cm³/mol. The molecule has 212 valence electrons. The number of anilines is 1. The van der Waals surface area contributed by atoms with Gasteiger partial charge in [-0.15, -0.1) is 11.3 Å². The number of nitrogens with one attached hydrogen (secondary N) is 2. The van der Waals surface area contributed by atoms with Crippen LogP contribution in [0.4, 0.5) is 10.5 Å². The third-order valence-electron chi connectivity index (χ3n) is 7.13. The predicted octanol–water partition coefficient (Wildman–Crippen LogP) is 5.78. The maximum Gasteiger partial charge on any atom is 0.417 e. The van der Waals surface area contributed by atoms with Gasteiger partial charge in [-0.05, 0) is 67.6 Å². The van der Waals surface area contributed by atoms with E-state index < -0.39 is 32.9 Å². The van der Waals surface area contributed by atoms with Crippen molar-refractivity contribution in [3.63, 3.8) is 0 Å². The van der Waals surface area contributed by atoms with Gasteiger partial charge in [0.25, 0.3) is 0 Å². The molecule has 1 unspecified atom stereocenters. The fourth-order valence-corrected chi connectivity index (χ4v) is 8.85. The molecule has 2 aromatic carbocycles. The van der Waals surface area contributed by atoms with Gasteiger partial charge in [-0.25, -0.2) is 23.5 Å². The highest BCUT2D eigenvalue weighted by atomic mass is 32.2. The lowest BCUT2D eigenvalue weighted by Gasteiger charge is -2.35. The number of rotatable bonds is 8. The summed E-state index contributed by atoms with van der Waals surface area (Å²) in [5.41, 5.74) is 3.78. The number of hydrogen-bond donors (Lipinski definition) is 2. The lowest BCUT2D eigenvalue weighted by molar-refractivity contribution is -0.200. The molecule has 5 rings (SSSR count). The summed E-state index contributed by atoms with van der Waals surface area (Å²) >= 11 is 1.34. The van der Waals surface area contributed by atoms with Gasteiger partial charge in [0.2, 0.25) is 5.91 Å². The molecule has 0 aliphatic carbocycles. The summed E-state index contributed by atoms with van der Waals surface area (Å²) in [7, 11) is -3.61. The summed E-state index contributed by atoms with van der Waals surface area (Å²) in [4.78, 5) is 32.2. The minimum Gasteiger partial charge on any atom is -0.410 e. The van der Waals surface area contributed by atoms with Crippen LogP contribution in [0.1, 0.15) is 49.8 Å². The van der Waals surface area contributed by atoms with Gasteiger partial charge >= 0.3 is 6.09 Å². The molecule has 2 aliphatic heterocycles. The number of benzene rings is 2. The van der Waals surface area contributed by atoms with Crippen LogP contribution >= 0.6 is 11.3 Å². The zero-order chi connectivity index (χ0) is 28.0. The van der Waals surface area contributed by atoms with E-state index in [0.717, 1.165) is 23.3 Å². The van der Waals surface area contributed by atoms with Crippen LogP contribution in [0.25, 0.3) is 10.4 Å². The van der Waals surface area contributed by atoms with Crippen LogP contribution in [-0.2, 0) is 29.0 Å². The van der Waals surface area contributed by atoms with E-state index in [1.54, 1.807) is 48.5 Å². The Kier molecular flexibility index (Phi) is 8.84. The lowest BCUT2D eigenvalue weighted by atomic mass is 9.94. The first-order valence-corrected chi connectivity index (χ1v) is 15.8. The van der Waals surface area contributed by atoms with E-state index in [0.29, 0.717) is 48.6 Å². The molecule has 3 aromatic rings. The lowest BCUT2D eigenvalue weighted by Crippen LogP contribution is -2.45. The molecular formula is C29H32N2O7S2. The Hall–Kier alpha value is -3.25. The van der Waals surface area contributed by atoms with E-state index in [9.17, 15) is 18.0 Å². The first-order chi connectivity index (χ1) is 19.3. The molecule has 2 amide bonds. The van der Waals surface area contributed by atoms with Gasteiger partial charge in [-0.3, -0.25) is 10.1 Å². The molecule has 0 bridgehead atoms. The smallest absolute Gasteiger partial charge is 0.410 e. The molecular weight excluding hydrogens is 552 g/mol. The monoisotopic (exact) mass is 584 g/mol. The van der Waals surface area contributed by atoms with E-state index in [1.807, 2.05) is 18.2 Å². The number of thiophene rings is 1. The Balaban J connectivity index is 1.33. The van der Waals surface area contributed by atoms with Crippen LogP contribution in [0.15, 0.2) is 66.7 Å². The third kappa shape index (κ3) is 6.55. The molecule has 0 saturated carbocycles. The summed E-state index contributed by atoms with van der Waals surface area (Å²) in [6, 6.07) is 19.7. The Morgan fingerprint density at radius 3 is 2.62 bits per heavy atom. The molecule has 2 N–H and O–H groups in total. The van der Waals surface area contributed by atoms with Gasteiger partial charge in [0.1, 0.15) is 10.5 Å². The number of carbonyl (C=O) groups is 2. The zero-order valence-electron chi connectivity index (χ0n) is 22.0. The van der Waals surface area contributed by atoms with E-state index in [1.165, 1.54) is 11.3 Å². The SMILES string of the molecule is O=C(C[C@]1(c2ccc(-c3cccc(NC(=O)Oc4ccccc4)c3)s2)CCCCS1(=O)=O)NOC1CCCCO1. The minimum atomic E-state index is -3.61. The van der Waals surface area contributed by atoms with Crippen molar-refractivity contribution in [1.29, 1.82) is 0 Å². The van der Waals surface area contributed by atoms with Crippen molar-refractivity contribution >= 4 is 38.9 Å². The van der Waals surface area contributed by atoms with Crippen molar-refractivity contribution in [2.75, 3.05) is 17.7 Å². The molecule has 3 heterocycles. The molecule has 2 aliphatic rings. The first kappa shape index (κ1) is 28.3. The maximum atomic E-state index is 13.5.